The Morgan fingerprint density at radius 2 is 1.62 bits per heavy atom. The molecule has 0 amide bonds. The van der Waals surface area contributed by atoms with Crippen LogP contribution < -0.4 is 0 Å². The molecule has 0 spiro atoms. The molecule has 0 bridgehead atoms. The summed E-state index contributed by atoms with van der Waals surface area (Å²) >= 11 is 0. The SMILES string of the molecule is CC(C)CCC[C@@H](C)[C@H]1CC[C@H]2[C@@H]3CC(O)[C@H]4CCCC(O)[C@]4(C)[C@H]3CC[C@]12C. The first-order chi connectivity index (χ1) is 13.7. The lowest BCUT2D eigenvalue weighted by Crippen LogP contribution is -2.61. The fourth-order valence-corrected chi connectivity index (χ4v) is 9.39. The average molecular weight is 405 g/mol. The van der Waals surface area contributed by atoms with Crippen molar-refractivity contribution in [3.05, 3.63) is 0 Å². The van der Waals surface area contributed by atoms with Crippen LogP contribution in [0, 0.1) is 52.3 Å². The van der Waals surface area contributed by atoms with Crippen molar-refractivity contribution in [3.8, 4) is 0 Å². The maximum Gasteiger partial charge on any atom is 0.0600 e. The van der Waals surface area contributed by atoms with Crippen molar-refractivity contribution >= 4 is 0 Å². The molecule has 29 heavy (non-hydrogen) atoms. The number of rotatable bonds is 5. The Labute approximate surface area is 180 Å². The van der Waals surface area contributed by atoms with Gasteiger partial charge in [-0.2, -0.15) is 0 Å². The van der Waals surface area contributed by atoms with Gasteiger partial charge in [-0.15, -0.1) is 0 Å². The van der Waals surface area contributed by atoms with E-state index < -0.39 is 0 Å². The Morgan fingerprint density at radius 3 is 2.34 bits per heavy atom. The molecule has 2 nitrogen and oxygen atoms in total. The maximum absolute atomic E-state index is 11.2. The van der Waals surface area contributed by atoms with E-state index in [4.69, 9.17) is 0 Å². The molecule has 2 N–H and O–H groups in total. The van der Waals surface area contributed by atoms with Crippen molar-refractivity contribution in [2.45, 2.75) is 117 Å². The summed E-state index contributed by atoms with van der Waals surface area (Å²) in [6.45, 7) is 12.2. The smallest absolute Gasteiger partial charge is 0.0600 e. The van der Waals surface area contributed by atoms with Crippen molar-refractivity contribution in [3.63, 3.8) is 0 Å². The summed E-state index contributed by atoms with van der Waals surface area (Å²) in [5, 5.41) is 22.3. The van der Waals surface area contributed by atoms with Gasteiger partial charge in [0.25, 0.3) is 0 Å². The molecule has 4 rings (SSSR count). The number of hydrogen-bond donors (Lipinski definition) is 2. The van der Waals surface area contributed by atoms with Gasteiger partial charge in [0.1, 0.15) is 0 Å². The minimum atomic E-state index is -0.208. The topological polar surface area (TPSA) is 40.5 Å². The van der Waals surface area contributed by atoms with Crippen LogP contribution in [-0.4, -0.2) is 22.4 Å². The Bertz CT molecular complexity index is 573. The van der Waals surface area contributed by atoms with E-state index in [-0.39, 0.29) is 17.6 Å². The second-order valence-corrected chi connectivity index (χ2v) is 12.6. The predicted molar refractivity (Wildman–Crippen MR) is 120 cm³/mol. The molecule has 4 saturated carbocycles. The van der Waals surface area contributed by atoms with E-state index in [1.165, 1.54) is 44.9 Å². The monoisotopic (exact) mass is 404 g/mol. The van der Waals surface area contributed by atoms with E-state index in [1.807, 2.05) is 0 Å². The second kappa shape index (κ2) is 8.12. The van der Waals surface area contributed by atoms with E-state index in [9.17, 15) is 10.2 Å². The van der Waals surface area contributed by atoms with Crippen LogP contribution in [-0.2, 0) is 0 Å². The Morgan fingerprint density at radius 1 is 0.862 bits per heavy atom. The third-order valence-electron chi connectivity index (χ3n) is 10.9. The van der Waals surface area contributed by atoms with Crippen LogP contribution in [0.15, 0.2) is 0 Å². The Kier molecular flexibility index (Phi) is 6.19. The molecule has 0 saturated heterocycles. The van der Waals surface area contributed by atoms with Crippen LogP contribution in [0.2, 0.25) is 0 Å². The molecular weight excluding hydrogens is 356 g/mol. The van der Waals surface area contributed by atoms with Crippen molar-refractivity contribution in [1.82, 2.24) is 0 Å². The van der Waals surface area contributed by atoms with E-state index in [0.717, 1.165) is 49.4 Å². The molecule has 2 heteroatoms. The van der Waals surface area contributed by atoms with Crippen LogP contribution in [0.1, 0.15) is 105 Å². The summed E-state index contributed by atoms with van der Waals surface area (Å²) in [5.74, 6) is 4.86. The summed E-state index contributed by atoms with van der Waals surface area (Å²) in [6.07, 6.45) is 13.3. The zero-order valence-corrected chi connectivity index (χ0v) is 19.9. The van der Waals surface area contributed by atoms with Gasteiger partial charge in [-0.1, -0.05) is 60.3 Å². The maximum atomic E-state index is 11.2. The highest BCUT2D eigenvalue weighted by molar-refractivity contribution is 5.12. The third kappa shape index (κ3) is 3.53. The molecule has 4 aliphatic carbocycles. The zero-order valence-electron chi connectivity index (χ0n) is 19.9. The van der Waals surface area contributed by atoms with Gasteiger partial charge in [-0.3, -0.25) is 0 Å². The normalized spacial score (nSPS) is 50.7. The van der Waals surface area contributed by atoms with Crippen LogP contribution in [0.4, 0.5) is 0 Å². The number of aliphatic hydroxyl groups excluding tert-OH is 2. The molecule has 0 radical (unpaired) electrons. The van der Waals surface area contributed by atoms with E-state index in [2.05, 4.69) is 34.6 Å². The van der Waals surface area contributed by atoms with Gasteiger partial charge in [0.2, 0.25) is 0 Å². The lowest BCUT2D eigenvalue weighted by Gasteiger charge is -2.63. The number of hydrogen-bond acceptors (Lipinski definition) is 2. The standard InChI is InChI=1S/C27H48O2/c1-17(2)8-6-9-18(3)20-12-13-21-19-16-24(28)23-10-7-11-25(29)27(23,5)22(19)14-15-26(20,21)4/h17-25,28-29H,6-16H2,1-5H3/t18-,19+,20-,21+,22+,23-,24?,25?,26-,27-/m1/s1. The first-order valence-electron chi connectivity index (χ1n) is 13.1. The van der Waals surface area contributed by atoms with Crippen LogP contribution >= 0.6 is 0 Å². The summed E-state index contributed by atoms with van der Waals surface area (Å²) in [5.41, 5.74) is 0.407. The molecule has 0 aromatic heterocycles. The van der Waals surface area contributed by atoms with E-state index in [0.29, 0.717) is 23.2 Å². The highest BCUT2D eigenvalue weighted by Gasteiger charge is 2.63. The summed E-state index contributed by atoms with van der Waals surface area (Å²) < 4.78 is 0. The minimum Gasteiger partial charge on any atom is -0.393 e. The Hall–Kier alpha value is -0.0800. The molecule has 0 heterocycles. The molecule has 0 aromatic carbocycles. The van der Waals surface area contributed by atoms with E-state index >= 15 is 0 Å². The fourth-order valence-electron chi connectivity index (χ4n) is 9.39. The van der Waals surface area contributed by atoms with E-state index in [1.54, 1.807) is 0 Å². The van der Waals surface area contributed by atoms with Crippen molar-refractivity contribution in [2.75, 3.05) is 0 Å². The average Bonchev–Trinajstić information content (AvgIpc) is 3.00. The van der Waals surface area contributed by atoms with Gasteiger partial charge in [0, 0.05) is 5.41 Å². The van der Waals surface area contributed by atoms with Crippen molar-refractivity contribution in [2.24, 2.45) is 52.3 Å². The molecular formula is C27H48O2. The number of aliphatic hydroxyl groups is 2. The van der Waals surface area contributed by atoms with Gasteiger partial charge >= 0.3 is 0 Å². The van der Waals surface area contributed by atoms with Crippen LogP contribution in [0.25, 0.3) is 0 Å². The molecule has 2 unspecified atom stereocenters. The molecule has 0 aliphatic heterocycles. The molecule has 10 atom stereocenters. The Balaban J connectivity index is 1.52. The third-order valence-corrected chi connectivity index (χ3v) is 10.9. The minimum absolute atomic E-state index is 0.0527. The van der Waals surface area contributed by atoms with Crippen molar-refractivity contribution in [1.29, 1.82) is 0 Å². The molecule has 4 fully saturated rings. The summed E-state index contributed by atoms with van der Waals surface area (Å²) in [7, 11) is 0. The van der Waals surface area contributed by atoms with Crippen LogP contribution in [0.3, 0.4) is 0 Å². The quantitative estimate of drug-likeness (QED) is 0.553. The van der Waals surface area contributed by atoms with Gasteiger partial charge in [-0.25, -0.2) is 0 Å². The van der Waals surface area contributed by atoms with Gasteiger partial charge in [0.05, 0.1) is 12.2 Å². The van der Waals surface area contributed by atoms with Crippen molar-refractivity contribution < 1.29 is 10.2 Å². The summed E-state index contributed by atoms with van der Waals surface area (Å²) in [6, 6.07) is 0. The highest BCUT2D eigenvalue weighted by atomic mass is 16.3. The highest BCUT2D eigenvalue weighted by Crippen LogP contribution is 2.68. The molecule has 168 valence electrons. The predicted octanol–water partition coefficient (Wildman–Crippen LogP) is 6.44. The van der Waals surface area contributed by atoms with Crippen LogP contribution in [0.5, 0.6) is 0 Å². The lowest BCUT2D eigenvalue weighted by molar-refractivity contribution is -0.199. The van der Waals surface area contributed by atoms with Gasteiger partial charge < -0.3 is 10.2 Å². The summed E-state index contributed by atoms with van der Waals surface area (Å²) in [4.78, 5) is 0. The zero-order chi connectivity index (χ0) is 21.0. The first-order valence-corrected chi connectivity index (χ1v) is 13.1. The molecule has 4 aliphatic rings. The largest absolute Gasteiger partial charge is 0.393 e. The van der Waals surface area contributed by atoms with Gasteiger partial charge in [-0.05, 0) is 91.8 Å². The molecule has 0 aromatic rings. The first kappa shape index (κ1) is 22.1. The van der Waals surface area contributed by atoms with Gasteiger partial charge in [0.15, 0.2) is 0 Å². The number of fused-ring (bicyclic) bond motifs is 5. The second-order valence-electron chi connectivity index (χ2n) is 12.6. The fraction of sp³-hybridized carbons (Fsp3) is 1.00. The lowest BCUT2D eigenvalue weighted by atomic mass is 9.43.